The van der Waals surface area contributed by atoms with Crippen LogP contribution in [-0.4, -0.2) is 32.0 Å². The number of unbranched alkanes of at least 4 members (excludes halogenated alkanes) is 2. The van der Waals surface area contributed by atoms with Gasteiger partial charge in [0.1, 0.15) is 29.5 Å². The summed E-state index contributed by atoms with van der Waals surface area (Å²) in [5.74, 6) is 0.123. The van der Waals surface area contributed by atoms with E-state index in [9.17, 15) is 29.0 Å². The minimum Gasteiger partial charge on any atom is -0.496 e. The number of benzene rings is 1. The zero-order valence-corrected chi connectivity index (χ0v) is 28.1. The Morgan fingerprint density at radius 2 is 1.66 bits per heavy atom. The molecule has 47 heavy (non-hydrogen) atoms. The molecule has 1 aromatic rings. The lowest BCUT2D eigenvalue weighted by atomic mass is 9.75. The quantitative estimate of drug-likeness (QED) is 0.210. The molecule has 2 aliphatic rings. The van der Waals surface area contributed by atoms with Gasteiger partial charge in [-0.2, -0.15) is 29.0 Å². The van der Waals surface area contributed by atoms with Crippen molar-refractivity contribution in [2.75, 3.05) is 25.1 Å². The van der Waals surface area contributed by atoms with Crippen molar-refractivity contribution in [2.45, 2.75) is 84.9 Å². The molecule has 9 heteroatoms. The molecule has 0 bridgehead atoms. The van der Waals surface area contributed by atoms with Crippen LogP contribution in [0.25, 0.3) is 6.08 Å². The number of alkyl halides is 3. The molecule has 3 rings (SSSR count). The monoisotopic (exact) mass is 644 g/mol. The molecular formula is C38H43F3N4O2. The number of anilines is 1. The molecular weight excluding hydrogens is 601 g/mol. The van der Waals surface area contributed by atoms with E-state index in [1.165, 1.54) is 24.3 Å². The first-order valence-corrected chi connectivity index (χ1v) is 15.9. The predicted octanol–water partition coefficient (Wildman–Crippen LogP) is 9.82. The smallest absolute Gasteiger partial charge is 0.432 e. The van der Waals surface area contributed by atoms with Crippen LogP contribution in [0.5, 0.6) is 5.75 Å². The fourth-order valence-electron chi connectivity index (χ4n) is 5.83. The van der Waals surface area contributed by atoms with Gasteiger partial charge in [0, 0.05) is 36.0 Å². The first-order valence-electron chi connectivity index (χ1n) is 15.9. The minimum atomic E-state index is -4.91. The number of methoxy groups -OCH3 is 1. The van der Waals surface area contributed by atoms with Crippen molar-refractivity contribution in [1.82, 2.24) is 0 Å². The summed E-state index contributed by atoms with van der Waals surface area (Å²) >= 11 is 0. The van der Waals surface area contributed by atoms with E-state index in [-0.39, 0.29) is 5.41 Å². The fourth-order valence-corrected chi connectivity index (χ4v) is 5.83. The molecule has 0 aromatic heterocycles. The number of hydrogen-bond acceptors (Lipinski definition) is 6. The van der Waals surface area contributed by atoms with Crippen LogP contribution in [0.3, 0.4) is 0 Å². The van der Waals surface area contributed by atoms with Crippen molar-refractivity contribution in [3.05, 3.63) is 87.8 Å². The van der Waals surface area contributed by atoms with Gasteiger partial charge in [-0.3, -0.25) is 0 Å². The van der Waals surface area contributed by atoms with Crippen LogP contribution >= 0.6 is 0 Å². The SMILES string of the molecule is CCCCN(CCCC)c1ccc(/C=C/C2=CC(=CC=CC3=C(C#N)C(=C(C#N)C#N)OC3(C)C(F)(F)F)CC(C)(C)C2)c(OC)c1. The summed E-state index contributed by atoms with van der Waals surface area (Å²) in [6.07, 6.45) is 11.5. The average molecular weight is 645 g/mol. The maximum atomic E-state index is 14.2. The molecule has 248 valence electrons. The summed E-state index contributed by atoms with van der Waals surface area (Å²) in [6, 6.07) is 11.0. The second kappa shape index (κ2) is 15.7. The number of rotatable bonds is 12. The van der Waals surface area contributed by atoms with Crippen LogP contribution < -0.4 is 9.64 Å². The lowest BCUT2D eigenvalue weighted by Crippen LogP contribution is -2.43. The van der Waals surface area contributed by atoms with Crippen molar-refractivity contribution < 1.29 is 22.6 Å². The topological polar surface area (TPSA) is 93.1 Å². The zero-order valence-electron chi connectivity index (χ0n) is 28.1. The van der Waals surface area contributed by atoms with E-state index in [4.69, 9.17) is 9.47 Å². The van der Waals surface area contributed by atoms with Gasteiger partial charge >= 0.3 is 6.18 Å². The molecule has 0 fully saturated rings. The first-order chi connectivity index (χ1) is 22.3. The van der Waals surface area contributed by atoms with Gasteiger partial charge in [0.25, 0.3) is 0 Å². The average Bonchev–Trinajstić information content (AvgIpc) is 3.32. The lowest BCUT2D eigenvalue weighted by molar-refractivity contribution is -0.236. The molecule has 6 nitrogen and oxygen atoms in total. The van der Waals surface area contributed by atoms with Gasteiger partial charge in [0.2, 0.25) is 5.60 Å². The van der Waals surface area contributed by atoms with E-state index in [0.717, 1.165) is 80.3 Å². The molecule has 1 unspecified atom stereocenters. The van der Waals surface area contributed by atoms with Gasteiger partial charge < -0.3 is 14.4 Å². The molecule has 0 N–H and O–H groups in total. The Morgan fingerprint density at radius 3 is 2.21 bits per heavy atom. The third kappa shape index (κ3) is 8.78. The molecule has 1 aliphatic carbocycles. The van der Waals surface area contributed by atoms with Gasteiger partial charge in [-0.25, -0.2) is 0 Å². The largest absolute Gasteiger partial charge is 0.496 e. The summed E-state index contributed by atoms with van der Waals surface area (Å²) in [7, 11) is 1.67. The molecule has 1 atom stereocenters. The number of ether oxygens (including phenoxy) is 2. The Balaban J connectivity index is 1.96. The molecule has 0 saturated carbocycles. The zero-order chi connectivity index (χ0) is 34.8. The third-order valence-corrected chi connectivity index (χ3v) is 8.35. The van der Waals surface area contributed by atoms with Gasteiger partial charge in [0.15, 0.2) is 11.3 Å². The lowest BCUT2D eigenvalue weighted by Gasteiger charge is -2.30. The second-order valence-electron chi connectivity index (χ2n) is 12.8. The summed E-state index contributed by atoms with van der Waals surface area (Å²) < 4.78 is 53.5. The number of nitriles is 3. The van der Waals surface area contributed by atoms with E-state index in [1.54, 1.807) is 19.3 Å². The maximum absolute atomic E-state index is 14.2. The molecule has 1 aliphatic heterocycles. The van der Waals surface area contributed by atoms with Crippen LogP contribution in [0.1, 0.15) is 78.7 Å². The van der Waals surface area contributed by atoms with Crippen molar-refractivity contribution >= 4 is 11.8 Å². The number of allylic oxidation sites excluding steroid dienone is 8. The van der Waals surface area contributed by atoms with Crippen molar-refractivity contribution in [2.24, 2.45) is 5.41 Å². The molecule has 0 spiro atoms. The van der Waals surface area contributed by atoms with E-state index in [1.807, 2.05) is 18.2 Å². The van der Waals surface area contributed by atoms with Crippen molar-refractivity contribution in [3.8, 4) is 24.0 Å². The first kappa shape index (κ1) is 36.8. The molecule has 0 radical (unpaired) electrons. The highest BCUT2D eigenvalue weighted by molar-refractivity contribution is 5.66. The van der Waals surface area contributed by atoms with Gasteiger partial charge in [-0.15, -0.1) is 0 Å². The van der Waals surface area contributed by atoms with Crippen LogP contribution in [0.4, 0.5) is 18.9 Å². The Hall–Kier alpha value is -4.68. The van der Waals surface area contributed by atoms with Gasteiger partial charge in [-0.05, 0) is 61.3 Å². The van der Waals surface area contributed by atoms with Crippen molar-refractivity contribution in [3.63, 3.8) is 0 Å². The fraction of sp³-hybridized carbons (Fsp3) is 0.447. The number of hydrogen-bond donors (Lipinski definition) is 0. The number of halogens is 3. The van der Waals surface area contributed by atoms with Crippen LogP contribution in [-0.2, 0) is 4.74 Å². The second-order valence-corrected chi connectivity index (χ2v) is 12.8. The highest BCUT2D eigenvalue weighted by Crippen LogP contribution is 2.49. The van der Waals surface area contributed by atoms with E-state index < -0.39 is 34.3 Å². The van der Waals surface area contributed by atoms with Crippen LogP contribution in [0, 0.1) is 39.4 Å². The van der Waals surface area contributed by atoms with Gasteiger partial charge in [-0.1, -0.05) is 77.0 Å². The standard InChI is InChI=1S/C38H43F3N4O2/c1-7-9-18-45(19-10-8-2)31-17-16-29(34(21-31)46-6)15-14-28-20-27(22-36(3,4)23-28)12-11-13-33-32(26-44)35(30(24-42)25-43)47-37(33,5)38(39,40)41/h11-17,20-21H,7-10,18-19,22-23H2,1-6H3/b13-11?,15-14+,27-12?. The summed E-state index contributed by atoms with van der Waals surface area (Å²) in [4.78, 5) is 2.41. The Bertz CT molecular complexity index is 1610. The van der Waals surface area contributed by atoms with Crippen LogP contribution in [0.15, 0.2) is 82.2 Å². The predicted molar refractivity (Wildman–Crippen MR) is 179 cm³/mol. The maximum Gasteiger partial charge on any atom is 0.432 e. The van der Waals surface area contributed by atoms with Gasteiger partial charge in [0.05, 0.1) is 7.11 Å². The normalized spacial score (nSPS) is 20.2. The highest BCUT2D eigenvalue weighted by atomic mass is 19.4. The molecule has 0 saturated heterocycles. The molecule has 1 heterocycles. The van der Waals surface area contributed by atoms with E-state index >= 15 is 0 Å². The van der Waals surface area contributed by atoms with E-state index in [0.29, 0.717) is 6.42 Å². The molecule has 1 aromatic carbocycles. The summed E-state index contributed by atoms with van der Waals surface area (Å²) in [6.45, 7) is 11.4. The number of nitrogens with zero attached hydrogens (tertiary/aromatic N) is 4. The Morgan fingerprint density at radius 1 is 1.00 bits per heavy atom. The highest BCUT2D eigenvalue weighted by Gasteiger charge is 2.60. The summed E-state index contributed by atoms with van der Waals surface area (Å²) in [5, 5.41) is 28.2. The molecule has 0 amide bonds. The third-order valence-electron chi connectivity index (χ3n) is 8.35. The van der Waals surface area contributed by atoms with Crippen molar-refractivity contribution in [1.29, 1.82) is 15.8 Å². The summed E-state index contributed by atoms with van der Waals surface area (Å²) in [5.41, 5.74) is -0.604. The Labute approximate surface area is 277 Å². The Kier molecular flexibility index (Phi) is 12.3. The van der Waals surface area contributed by atoms with Crippen LogP contribution in [0.2, 0.25) is 0 Å². The minimum absolute atomic E-state index is 0.112. The van der Waals surface area contributed by atoms with E-state index in [2.05, 4.69) is 50.8 Å².